The Morgan fingerprint density at radius 2 is 2.35 bits per heavy atom. The van der Waals surface area contributed by atoms with Crippen LogP contribution >= 0.6 is 0 Å². The van der Waals surface area contributed by atoms with Crippen molar-refractivity contribution in [2.45, 2.75) is 26.2 Å². The number of likely N-dealkylation sites (tertiary alicyclic amines) is 1. The predicted molar refractivity (Wildman–Crippen MR) is 78.7 cm³/mol. The van der Waals surface area contributed by atoms with E-state index in [1.165, 1.54) is 0 Å². The van der Waals surface area contributed by atoms with E-state index in [-0.39, 0.29) is 5.91 Å². The van der Waals surface area contributed by atoms with E-state index in [0.717, 1.165) is 31.6 Å². The van der Waals surface area contributed by atoms with Crippen LogP contribution in [0.15, 0.2) is 12.1 Å². The van der Waals surface area contributed by atoms with Gasteiger partial charge >= 0.3 is 0 Å². The Morgan fingerprint density at radius 1 is 1.50 bits per heavy atom. The second-order valence-electron chi connectivity index (χ2n) is 4.88. The molecule has 2 heterocycles. The van der Waals surface area contributed by atoms with Crippen molar-refractivity contribution in [1.82, 2.24) is 9.88 Å². The van der Waals surface area contributed by atoms with E-state index in [9.17, 15) is 4.79 Å². The van der Waals surface area contributed by atoms with Gasteiger partial charge in [0, 0.05) is 37.3 Å². The molecule has 0 atom stereocenters. The largest absolute Gasteiger partial charge is 0.476 e. The molecule has 6 heteroatoms. The number of carbonyl (C=O) groups is 1. The SMILES string of the molecule is CCCNc1cc(N)nc(OCCN2CCCC2=O)c1. The second kappa shape index (κ2) is 6.98. The van der Waals surface area contributed by atoms with Gasteiger partial charge in [-0.3, -0.25) is 4.79 Å². The van der Waals surface area contributed by atoms with Crippen molar-refractivity contribution in [2.24, 2.45) is 0 Å². The maximum Gasteiger partial charge on any atom is 0.222 e. The van der Waals surface area contributed by atoms with Crippen LogP contribution in [0.1, 0.15) is 26.2 Å². The Balaban J connectivity index is 1.85. The van der Waals surface area contributed by atoms with Gasteiger partial charge in [-0.05, 0) is 12.8 Å². The highest BCUT2D eigenvalue weighted by Gasteiger charge is 2.19. The molecule has 0 unspecified atom stereocenters. The molecule has 0 radical (unpaired) electrons. The quantitative estimate of drug-likeness (QED) is 0.789. The summed E-state index contributed by atoms with van der Waals surface area (Å²) in [6, 6.07) is 3.62. The van der Waals surface area contributed by atoms with E-state index >= 15 is 0 Å². The van der Waals surface area contributed by atoms with Crippen LogP contribution in [0.2, 0.25) is 0 Å². The summed E-state index contributed by atoms with van der Waals surface area (Å²) in [6.45, 7) is 4.85. The fourth-order valence-electron chi connectivity index (χ4n) is 2.17. The molecule has 0 bridgehead atoms. The van der Waals surface area contributed by atoms with Gasteiger partial charge in [-0.1, -0.05) is 6.92 Å². The van der Waals surface area contributed by atoms with Gasteiger partial charge in [0.1, 0.15) is 12.4 Å². The summed E-state index contributed by atoms with van der Waals surface area (Å²) in [5.41, 5.74) is 6.66. The lowest BCUT2D eigenvalue weighted by Crippen LogP contribution is -2.29. The minimum absolute atomic E-state index is 0.208. The van der Waals surface area contributed by atoms with Crippen molar-refractivity contribution in [3.8, 4) is 5.88 Å². The van der Waals surface area contributed by atoms with Crippen LogP contribution in [0.4, 0.5) is 11.5 Å². The molecule has 20 heavy (non-hydrogen) atoms. The first-order chi connectivity index (χ1) is 9.69. The number of nitrogens with zero attached hydrogens (tertiary/aromatic N) is 2. The molecule has 2 rings (SSSR count). The van der Waals surface area contributed by atoms with Gasteiger partial charge in [0.05, 0.1) is 6.54 Å². The maximum atomic E-state index is 11.5. The van der Waals surface area contributed by atoms with Crippen LogP contribution in [-0.4, -0.2) is 42.0 Å². The number of anilines is 2. The number of aromatic nitrogens is 1. The number of nitrogens with two attached hydrogens (primary N) is 1. The zero-order valence-corrected chi connectivity index (χ0v) is 11.9. The van der Waals surface area contributed by atoms with Crippen molar-refractivity contribution < 1.29 is 9.53 Å². The maximum absolute atomic E-state index is 11.5. The standard InChI is InChI=1S/C14H22N4O2/c1-2-5-16-11-9-12(15)17-13(10-11)20-8-7-18-6-3-4-14(18)19/h9-10H,2-8H2,1H3,(H3,15,16,17). The lowest BCUT2D eigenvalue weighted by Gasteiger charge is -2.16. The first-order valence-corrected chi connectivity index (χ1v) is 7.11. The van der Waals surface area contributed by atoms with Gasteiger partial charge in [0.2, 0.25) is 11.8 Å². The molecule has 110 valence electrons. The summed E-state index contributed by atoms with van der Waals surface area (Å²) in [6.07, 6.45) is 2.64. The van der Waals surface area contributed by atoms with Gasteiger partial charge in [-0.2, -0.15) is 4.98 Å². The Labute approximate surface area is 119 Å². The van der Waals surface area contributed by atoms with Crippen LogP contribution < -0.4 is 15.8 Å². The molecule has 1 fully saturated rings. The van der Waals surface area contributed by atoms with Crippen molar-refractivity contribution in [3.63, 3.8) is 0 Å². The lowest BCUT2D eigenvalue weighted by molar-refractivity contribution is -0.128. The van der Waals surface area contributed by atoms with Crippen LogP contribution in [0.3, 0.4) is 0 Å². The summed E-state index contributed by atoms with van der Waals surface area (Å²) in [5.74, 6) is 1.13. The molecule has 0 aromatic carbocycles. The molecule has 0 saturated carbocycles. The molecule has 0 aliphatic carbocycles. The molecule has 1 amide bonds. The first kappa shape index (κ1) is 14.4. The minimum Gasteiger partial charge on any atom is -0.476 e. The van der Waals surface area contributed by atoms with Gasteiger partial charge in [0.25, 0.3) is 0 Å². The summed E-state index contributed by atoms with van der Waals surface area (Å²) in [7, 11) is 0. The number of amides is 1. The second-order valence-corrected chi connectivity index (χ2v) is 4.88. The summed E-state index contributed by atoms with van der Waals surface area (Å²) in [4.78, 5) is 17.4. The van der Waals surface area contributed by atoms with E-state index in [2.05, 4.69) is 17.2 Å². The Bertz CT molecular complexity index is 464. The molecule has 3 N–H and O–H groups in total. The number of carbonyl (C=O) groups excluding carboxylic acids is 1. The molecular weight excluding hydrogens is 256 g/mol. The predicted octanol–water partition coefficient (Wildman–Crippen LogP) is 1.49. The molecule has 1 aromatic rings. The average Bonchev–Trinajstić information content (AvgIpc) is 2.82. The van der Waals surface area contributed by atoms with Crippen LogP contribution in [-0.2, 0) is 4.79 Å². The lowest BCUT2D eigenvalue weighted by atomic mass is 10.3. The van der Waals surface area contributed by atoms with E-state index in [1.54, 1.807) is 6.07 Å². The number of nitrogens with one attached hydrogen (secondary N) is 1. The smallest absolute Gasteiger partial charge is 0.222 e. The highest BCUT2D eigenvalue weighted by molar-refractivity contribution is 5.78. The van der Waals surface area contributed by atoms with Crippen molar-refractivity contribution in [1.29, 1.82) is 0 Å². The van der Waals surface area contributed by atoms with Gasteiger partial charge in [-0.15, -0.1) is 0 Å². The van der Waals surface area contributed by atoms with Gasteiger partial charge in [-0.25, -0.2) is 0 Å². The highest BCUT2D eigenvalue weighted by Crippen LogP contribution is 2.18. The Hall–Kier alpha value is -1.98. The summed E-state index contributed by atoms with van der Waals surface area (Å²) < 4.78 is 5.59. The fraction of sp³-hybridized carbons (Fsp3) is 0.571. The van der Waals surface area contributed by atoms with E-state index in [4.69, 9.17) is 10.5 Å². The van der Waals surface area contributed by atoms with Gasteiger partial charge in [0.15, 0.2) is 0 Å². The van der Waals surface area contributed by atoms with E-state index in [0.29, 0.717) is 31.3 Å². The molecule has 1 aromatic heterocycles. The Kier molecular flexibility index (Phi) is 5.03. The first-order valence-electron chi connectivity index (χ1n) is 7.11. The molecular formula is C14H22N4O2. The van der Waals surface area contributed by atoms with Crippen molar-refractivity contribution in [3.05, 3.63) is 12.1 Å². The third-order valence-corrected chi connectivity index (χ3v) is 3.18. The number of hydrogen-bond acceptors (Lipinski definition) is 5. The van der Waals surface area contributed by atoms with Gasteiger partial charge < -0.3 is 20.7 Å². The molecule has 1 aliphatic rings. The third kappa shape index (κ3) is 4.01. The van der Waals surface area contributed by atoms with Crippen molar-refractivity contribution >= 4 is 17.4 Å². The number of ether oxygens (including phenoxy) is 1. The number of pyridine rings is 1. The minimum atomic E-state index is 0.208. The molecule has 1 aliphatic heterocycles. The normalized spacial score (nSPS) is 14.7. The Morgan fingerprint density at radius 3 is 3.05 bits per heavy atom. The van der Waals surface area contributed by atoms with Crippen LogP contribution in [0, 0.1) is 0 Å². The summed E-state index contributed by atoms with van der Waals surface area (Å²) in [5, 5.41) is 3.25. The van der Waals surface area contributed by atoms with Crippen LogP contribution in [0.5, 0.6) is 5.88 Å². The third-order valence-electron chi connectivity index (χ3n) is 3.18. The zero-order chi connectivity index (χ0) is 14.4. The van der Waals surface area contributed by atoms with Crippen molar-refractivity contribution in [2.75, 3.05) is 37.3 Å². The van der Waals surface area contributed by atoms with Crippen LogP contribution in [0.25, 0.3) is 0 Å². The number of nitrogen functional groups attached to an aromatic ring is 1. The average molecular weight is 278 g/mol. The molecule has 0 spiro atoms. The summed E-state index contributed by atoms with van der Waals surface area (Å²) >= 11 is 0. The zero-order valence-electron chi connectivity index (χ0n) is 11.9. The molecule has 6 nitrogen and oxygen atoms in total. The van der Waals surface area contributed by atoms with E-state index < -0.39 is 0 Å². The number of rotatable bonds is 7. The molecule has 1 saturated heterocycles. The highest BCUT2D eigenvalue weighted by atomic mass is 16.5. The van der Waals surface area contributed by atoms with E-state index in [1.807, 2.05) is 11.0 Å². The number of hydrogen-bond donors (Lipinski definition) is 2. The topological polar surface area (TPSA) is 80.5 Å². The monoisotopic (exact) mass is 278 g/mol. The fourth-order valence-corrected chi connectivity index (χ4v) is 2.17.